The molecule has 0 aromatic heterocycles. The van der Waals surface area contributed by atoms with E-state index in [4.69, 9.17) is 4.43 Å². The number of aryl methyl sites for hydroxylation is 1. The number of hydrogen-bond acceptors (Lipinski definition) is 2. The SMILES string of the molecule is Cc1ccc(N=C[C@@H]2C[C@@H]2CO[Si](C)(C)C(C)(C)C)cc1. The van der Waals surface area contributed by atoms with E-state index < -0.39 is 8.32 Å². The van der Waals surface area contributed by atoms with E-state index in [9.17, 15) is 0 Å². The van der Waals surface area contributed by atoms with E-state index >= 15 is 0 Å². The lowest BCUT2D eigenvalue weighted by Gasteiger charge is -2.36. The van der Waals surface area contributed by atoms with E-state index in [0.717, 1.165) is 12.3 Å². The van der Waals surface area contributed by atoms with Gasteiger partial charge in [-0.3, -0.25) is 4.99 Å². The summed E-state index contributed by atoms with van der Waals surface area (Å²) >= 11 is 0. The number of aliphatic imine (C=N–C) groups is 1. The maximum atomic E-state index is 6.29. The third kappa shape index (κ3) is 4.52. The van der Waals surface area contributed by atoms with Gasteiger partial charge in [0.1, 0.15) is 0 Å². The lowest BCUT2D eigenvalue weighted by Crippen LogP contribution is -2.41. The molecule has 0 heterocycles. The zero-order chi connectivity index (χ0) is 15.7. The molecule has 1 aliphatic carbocycles. The standard InChI is InChI=1S/C18H29NOSi/c1-14-7-9-17(10-8-14)19-12-15-11-16(15)13-20-21(5,6)18(2,3)4/h7-10,12,15-16H,11,13H2,1-6H3/t15-,16+/m0/s1. The highest BCUT2D eigenvalue weighted by Gasteiger charge is 2.41. The van der Waals surface area contributed by atoms with Gasteiger partial charge in [0.25, 0.3) is 0 Å². The van der Waals surface area contributed by atoms with Gasteiger partial charge < -0.3 is 4.43 Å². The first kappa shape index (κ1) is 16.4. The zero-order valence-corrected chi connectivity index (χ0v) is 15.3. The van der Waals surface area contributed by atoms with Crippen molar-refractivity contribution in [3.8, 4) is 0 Å². The summed E-state index contributed by atoms with van der Waals surface area (Å²) in [6.07, 6.45) is 3.34. The average molecular weight is 304 g/mol. The predicted octanol–water partition coefficient (Wildman–Crippen LogP) is 5.36. The maximum absolute atomic E-state index is 6.29. The molecule has 3 heteroatoms. The van der Waals surface area contributed by atoms with E-state index in [-0.39, 0.29) is 0 Å². The van der Waals surface area contributed by atoms with Gasteiger partial charge in [-0.1, -0.05) is 38.5 Å². The van der Waals surface area contributed by atoms with Crippen LogP contribution in [0.1, 0.15) is 32.8 Å². The van der Waals surface area contributed by atoms with Crippen molar-refractivity contribution in [2.24, 2.45) is 16.8 Å². The molecule has 1 aliphatic rings. The van der Waals surface area contributed by atoms with Gasteiger partial charge in [0.15, 0.2) is 8.32 Å². The van der Waals surface area contributed by atoms with Crippen LogP contribution in [0.5, 0.6) is 0 Å². The van der Waals surface area contributed by atoms with Crippen LogP contribution in [-0.4, -0.2) is 21.1 Å². The van der Waals surface area contributed by atoms with Crippen molar-refractivity contribution < 1.29 is 4.43 Å². The molecule has 0 bridgehead atoms. The molecule has 0 amide bonds. The number of benzene rings is 1. The Balaban J connectivity index is 1.79. The second kappa shape index (κ2) is 6.05. The van der Waals surface area contributed by atoms with Crippen molar-refractivity contribution in [2.75, 3.05) is 6.61 Å². The normalized spacial score (nSPS) is 22.8. The Bertz CT molecular complexity index is 499. The molecule has 0 N–H and O–H groups in total. The Hall–Kier alpha value is -0.933. The first-order chi connectivity index (χ1) is 9.69. The molecule has 0 unspecified atom stereocenters. The molecule has 2 rings (SSSR count). The second-order valence-corrected chi connectivity index (χ2v) is 12.7. The Labute approximate surface area is 130 Å². The second-order valence-electron chi connectivity index (χ2n) is 7.84. The molecule has 1 fully saturated rings. The summed E-state index contributed by atoms with van der Waals surface area (Å²) in [5, 5.41) is 0.299. The topological polar surface area (TPSA) is 21.6 Å². The van der Waals surface area contributed by atoms with Crippen molar-refractivity contribution in [2.45, 2.75) is 52.2 Å². The van der Waals surface area contributed by atoms with E-state index in [0.29, 0.717) is 16.9 Å². The highest BCUT2D eigenvalue weighted by atomic mass is 28.4. The van der Waals surface area contributed by atoms with Crippen LogP contribution in [0.4, 0.5) is 5.69 Å². The Morgan fingerprint density at radius 3 is 2.43 bits per heavy atom. The fourth-order valence-electron chi connectivity index (χ4n) is 1.99. The van der Waals surface area contributed by atoms with Gasteiger partial charge in [-0.2, -0.15) is 0 Å². The van der Waals surface area contributed by atoms with E-state index in [1.54, 1.807) is 0 Å². The van der Waals surface area contributed by atoms with Crippen molar-refractivity contribution in [1.29, 1.82) is 0 Å². The Kier molecular flexibility index (Phi) is 4.74. The minimum absolute atomic E-state index is 0.299. The summed E-state index contributed by atoms with van der Waals surface area (Å²) in [7, 11) is -1.59. The number of nitrogens with zero attached hydrogens (tertiary/aromatic N) is 1. The third-order valence-corrected chi connectivity index (χ3v) is 9.39. The van der Waals surface area contributed by atoms with Crippen LogP contribution in [-0.2, 0) is 4.43 Å². The molecule has 1 aromatic rings. The van der Waals surface area contributed by atoms with Crippen LogP contribution in [0.15, 0.2) is 29.3 Å². The van der Waals surface area contributed by atoms with Gasteiger partial charge in [0.2, 0.25) is 0 Å². The Morgan fingerprint density at radius 2 is 1.86 bits per heavy atom. The van der Waals surface area contributed by atoms with Crippen molar-refractivity contribution in [1.82, 2.24) is 0 Å². The van der Waals surface area contributed by atoms with Crippen molar-refractivity contribution in [3.63, 3.8) is 0 Å². The molecule has 0 saturated heterocycles. The van der Waals surface area contributed by atoms with Crippen LogP contribution in [0.25, 0.3) is 0 Å². The van der Waals surface area contributed by atoms with Crippen LogP contribution < -0.4 is 0 Å². The molecule has 0 radical (unpaired) electrons. The van der Waals surface area contributed by atoms with Gasteiger partial charge in [-0.05, 0) is 55.4 Å². The lowest BCUT2D eigenvalue weighted by molar-refractivity contribution is 0.269. The van der Waals surface area contributed by atoms with E-state index in [1.807, 2.05) is 0 Å². The fraction of sp³-hybridized carbons (Fsp3) is 0.611. The first-order valence-electron chi connectivity index (χ1n) is 7.94. The largest absolute Gasteiger partial charge is 0.417 e. The minimum atomic E-state index is -1.59. The number of rotatable bonds is 5. The van der Waals surface area contributed by atoms with Gasteiger partial charge in [-0.25, -0.2) is 0 Å². The molecule has 1 saturated carbocycles. The van der Waals surface area contributed by atoms with Crippen LogP contribution in [0, 0.1) is 18.8 Å². The minimum Gasteiger partial charge on any atom is -0.417 e. The average Bonchev–Trinajstić information content (AvgIpc) is 3.13. The highest BCUT2D eigenvalue weighted by Crippen LogP contribution is 2.41. The summed E-state index contributed by atoms with van der Waals surface area (Å²) < 4.78 is 6.29. The number of hydrogen-bond donors (Lipinski definition) is 0. The zero-order valence-electron chi connectivity index (χ0n) is 14.3. The first-order valence-corrected chi connectivity index (χ1v) is 10.8. The summed E-state index contributed by atoms with van der Waals surface area (Å²) in [5.74, 6) is 1.28. The predicted molar refractivity (Wildman–Crippen MR) is 94.1 cm³/mol. The summed E-state index contributed by atoms with van der Waals surface area (Å²) in [6.45, 7) is 14.5. The van der Waals surface area contributed by atoms with E-state index in [1.165, 1.54) is 12.0 Å². The van der Waals surface area contributed by atoms with Crippen molar-refractivity contribution >= 4 is 20.2 Å². The van der Waals surface area contributed by atoms with Gasteiger partial charge in [0.05, 0.1) is 5.69 Å². The van der Waals surface area contributed by atoms with Gasteiger partial charge in [0, 0.05) is 12.8 Å². The molecule has 0 spiro atoms. The van der Waals surface area contributed by atoms with Gasteiger partial charge in [-0.15, -0.1) is 0 Å². The molecule has 21 heavy (non-hydrogen) atoms. The van der Waals surface area contributed by atoms with Crippen molar-refractivity contribution in [3.05, 3.63) is 29.8 Å². The lowest BCUT2D eigenvalue weighted by atomic mass is 10.2. The third-order valence-electron chi connectivity index (χ3n) is 4.89. The molecule has 2 atom stereocenters. The maximum Gasteiger partial charge on any atom is 0.191 e. The van der Waals surface area contributed by atoms with Crippen LogP contribution in [0.3, 0.4) is 0 Å². The molecule has 2 nitrogen and oxygen atoms in total. The quantitative estimate of drug-likeness (QED) is 0.530. The summed E-state index contributed by atoms with van der Waals surface area (Å²) in [6, 6.07) is 8.37. The highest BCUT2D eigenvalue weighted by molar-refractivity contribution is 6.74. The molecule has 0 aliphatic heterocycles. The van der Waals surface area contributed by atoms with Crippen LogP contribution in [0.2, 0.25) is 18.1 Å². The smallest absolute Gasteiger partial charge is 0.191 e. The monoisotopic (exact) mass is 303 g/mol. The molecular formula is C18H29NOSi. The van der Waals surface area contributed by atoms with E-state index in [2.05, 4.69) is 76.3 Å². The molecule has 116 valence electrons. The van der Waals surface area contributed by atoms with Crippen LogP contribution >= 0.6 is 0 Å². The molecular weight excluding hydrogens is 274 g/mol. The summed E-state index contributed by atoms with van der Waals surface area (Å²) in [5.41, 5.74) is 2.33. The fourth-order valence-corrected chi connectivity index (χ4v) is 3.05. The van der Waals surface area contributed by atoms with Gasteiger partial charge >= 0.3 is 0 Å². The summed E-state index contributed by atoms with van der Waals surface area (Å²) in [4.78, 5) is 4.58. The Morgan fingerprint density at radius 1 is 1.24 bits per heavy atom. The molecule has 1 aromatic carbocycles.